The molecule has 4 aromatic rings. The van der Waals surface area contributed by atoms with Crippen molar-refractivity contribution in [2.75, 3.05) is 24.6 Å². The van der Waals surface area contributed by atoms with Crippen molar-refractivity contribution in [3.63, 3.8) is 0 Å². The van der Waals surface area contributed by atoms with E-state index in [2.05, 4.69) is 64.4 Å². The van der Waals surface area contributed by atoms with Crippen molar-refractivity contribution in [3.8, 4) is 11.3 Å². The van der Waals surface area contributed by atoms with Crippen LogP contribution >= 0.6 is 0 Å². The van der Waals surface area contributed by atoms with Crippen molar-refractivity contribution < 1.29 is 8.42 Å². The van der Waals surface area contributed by atoms with Gasteiger partial charge in [0.2, 0.25) is 0 Å². The summed E-state index contributed by atoms with van der Waals surface area (Å²) in [7, 11) is -2.81. The van der Waals surface area contributed by atoms with E-state index in [0.717, 1.165) is 66.8 Å². The largest absolute Gasteiger partial charge is 0.354 e. The number of aryl methyl sites for hydroxylation is 1. The third-order valence-electron chi connectivity index (χ3n) is 8.29. The zero-order chi connectivity index (χ0) is 25.0. The number of aromatic amines is 1. The molecule has 5 heterocycles. The Bertz CT molecular complexity index is 1510. The van der Waals surface area contributed by atoms with Gasteiger partial charge in [0.1, 0.15) is 9.84 Å². The normalized spacial score (nSPS) is 20.1. The number of hydrogen-bond acceptors (Lipinski definition) is 6. The van der Waals surface area contributed by atoms with Crippen molar-refractivity contribution in [1.29, 1.82) is 0 Å². The number of nitrogens with one attached hydrogen (secondary N) is 1. The van der Waals surface area contributed by atoms with Gasteiger partial charge in [-0.25, -0.2) is 8.42 Å². The van der Waals surface area contributed by atoms with Gasteiger partial charge in [-0.3, -0.25) is 0 Å². The minimum absolute atomic E-state index is 0.349. The number of hydrogen-bond donors (Lipinski definition) is 1. The molecular weight excluding hydrogens is 472 g/mol. The Balaban J connectivity index is 1.28. The van der Waals surface area contributed by atoms with Gasteiger partial charge >= 0.3 is 0 Å². The number of tetrazole rings is 1. The van der Waals surface area contributed by atoms with Crippen LogP contribution in [-0.4, -0.2) is 69.0 Å². The fourth-order valence-corrected chi connectivity index (χ4v) is 7.75. The number of benzene rings is 1. The lowest BCUT2D eigenvalue weighted by atomic mass is 9.86. The number of fused-ring (bicyclic) bond motifs is 2. The average molecular weight is 507 g/mol. The van der Waals surface area contributed by atoms with Crippen LogP contribution in [0.1, 0.15) is 68.1 Å². The van der Waals surface area contributed by atoms with Gasteiger partial charge in [0.05, 0.1) is 17.2 Å². The number of H-pyrrole nitrogens is 1. The van der Waals surface area contributed by atoms with Gasteiger partial charge in [-0.2, -0.15) is 4.52 Å². The zero-order valence-electron chi connectivity index (χ0n) is 21.2. The highest BCUT2D eigenvalue weighted by molar-refractivity contribution is 7.91. The molecule has 2 aliphatic rings. The van der Waals surface area contributed by atoms with E-state index in [1.807, 2.05) is 12.3 Å². The van der Waals surface area contributed by atoms with Gasteiger partial charge in [0.25, 0.3) is 0 Å². The lowest BCUT2D eigenvalue weighted by Gasteiger charge is -2.39. The Hall–Kier alpha value is -2.78. The molecule has 2 aliphatic heterocycles. The molecule has 0 unspecified atom stereocenters. The topological polar surface area (TPSA) is 96.2 Å². The minimum atomic E-state index is -2.81. The van der Waals surface area contributed by atoms with Crippen LogP contribution in [0.3, 0.4) is 0 Å². The fourth-order valence-electron chi connectivity index (χ4n) is 6.28. The van der Waals surface area contributed by atoms with Gasteiger partial charge in [0, 0.05) is 28.7 Å². The standard InChI is InChI=1S/C27H34N6O2S/c1-17(2)26-22-15-20(19-6-10-32(11-7-19)21-8-12-36(34,35)13-9-21)4-5-24(22)28-27(26)23-16-33-25(14-18(23)3)29-30-31-33/h4-5,14-17,19,21,28H,6-13H2,1-3H3. The first-order valence-corrected chi connectivity index (χ1v) is 14.9. The Morgan fingerprint density at radius 2 is 1.81 bits per heavy atom. The van der Waals surface area contributed by atoms with E-state index in [0.29, 0.717) is 29.4 Å². The van der Waals surface area contributed by atoms with Crippen LogP contribution in [-0.2, 0) is 9.84 Å². The van der Waals surface area contributed by atoms with E-state index < -0.39 is 9.84 Å². The number of piperidine rings is 1. The summed E-state index contributed by atoms with van der Waals surface area (Å²) in [5.41, 5.74) is 8.08. The quantitative estimate of drug-likeness (QED) is 0.439. The van der Waals surface area contributed by atoms with Gasteiger partial charge in [-0.15, -0.1) is 5.10 Å². The maximum atomic E-state index is 11.8. The summed E-state index contributed by atoms with van der Waals surface area (Å²) >= 11 is 0. The second kappa shape index (κ2) is 8.95. The first kappa shape index (κ1) is 23.6. The third-order valence-corrected chi connectivity index (χ3v) is 10.0. The van der Waals surface area contributed by atoms with Crippen LogP contribution in [0, 0.1) is 6.92 Å². The summed E-state index contributed by atoms with van der Waals surface area (Å²) < 4.78 is 25.4. The van der Waals surface area contributed by atoms with E-state index in [4.69, 9.17) is 0 Å². The SMILES string of the molecule is Cc1cc2nnnn2cc1-c1[nH]c2ccc(C3CCN(C4CCS(=O)(=O)CC4)CC3)cc2c1C(C)C. The van der Waals surface area contributed by atoms with Crippen molar-refractivity contribution in [3.05, 3.63) is 47.2 Å². The third kappa shape index (κ3) is 4.22. The molecule has 0 saturated carbocycles. The number of aromatic nitrogens is 5. The smallest absolute Gasteiger partial charge is 0.179 e. The molecule has 9 heteroatoms. The predicted octanol–water partition coefficient (Wildman–Crippen LogP) is 4.46. The summed E-state index contributed by atoms with van der Waals surface area (Å²) in [5.74, 6) is 1.59. The van der Waals surface area contributed by atoms with Crippen molar-refractivity contribution in [1.82, 2.24) is 29.9 Å². The molecule has 2 fully saturated rings. The van der Waals surface area contributed by atoms with Crippen LogP contribution in [0.5, 0.6) is 0 Å². The number of nitrogens with zero attached hydrogens (tertiary/aromatic N) is 5. The zero-order valence-corrected chi connectivity index (χ0v) is 22.1. The van der Waals surface area contributed by atoms with E-state index in [9.17, 15) is 8.42 Å². The lowest BCUT2D eigenvalue weighted by Crippen LogP contribution is -2.44. The molecule has 1 aromatic carbocycles. The van der Waals surface area contributed by atoms with Crippen LogP contribution in [0.4, 0.5) is 0 Å². The molecule has 190 valence electrons. The number of likely N-dealkylation sites (tertiary alicyclic amines) is 1. The number of pyridine rings is 1. The Labute approximate surface area is 212 Å². The van der Waals surface area contributed by atoms with Crippen LogP contribution < -0.4 is 0 Å². The monoisotopic (exact) mass is 506 g/mol. The summed E-state index contributed by atoms with van der Waals surface area (Å²) in [6, 6.07) is 9.40. The molecule has 0 bridgehead atoms. The molecule has 8 nitrogen and oxygen atoms in total. The summed E-state index contributed by atoms with van der Waals surface area (Å²) in [6.07, 6.45) is 5.85. The highest BCUT2D eigenvalue weighted by Gasteiger charge is 2.31. The highest BCUT2D eigenvalue weighted by Crippen LogP contribution is 2.39. The molecule has 3 aromatic heterocycles. The Morgan fingerprint density at radius 1 is 1.06 bits per heavy atom. The van der Waals surface area contributed by atoms with Gasteiger partial charge < -0.3 is 9.88 Å². The number of rotatable bonds is 4. The second-order valence-corrected chi connectivity index (χ2v) is 13.2. The molecule has 0 radical (unpaired) electrons. The molecule has 1 N–H and O–H groups in total. The highest BCUT2D eigenvalue weighted by atomic mass is 32.2. The number of sulfone groups is 1. The molecule has 0 amide bonds. The van der Waals surface area contributed by atoms with Crippen LogP contribution in [0.25, 0.3) is 27.8 Å². The van der Waals surface area contributed by atoms with E-state index >= 15 is 0 Å². The fraction of sp³-hybridized carbons (Fsp3) is 0.519. The predicted molar refractivity (Wildman–Crippen MR) is 142 cm³/mol. The molecule has 2 saturated heterocycles. The van der Waals surface area contributed by atoms with Crippen LogP contribution in [0.2, 0.25) is 0 Å². The summed E-state index contributed by atoms with van der Waals surface area (Å²) in [5, 5.41) is 13.3. The maximum Gasteiger partial charge on any atom is 0.179 e. The summed E-state index contributed by atoms with van der Waals surface area (Å²) in [6.45, 7) is 8.72. The average Bonchev–Trinajstić information content (AvgIpc) is 3.47. The molecule has 6 rings (SSSR count). The molecule has 0 atom stereocenters. The molecule has 36 heavy (non-hydrogen) atoms. The van der Waals surface area contributed by atoms with E-state index in [1.165, 1.54) is 16.5 Å². The van der Waals surface area contributed by atoms with Crippen molar-refractivity contribution >= 4 is 26.4 Å². The van der Waals surface area contributed by atoms with Crippen molar-refractivity contribution in [2.24, 2.45) is 0 Å². The summed E-state index contributed by atoms with van der Waals surface area (Å²) in [4.78, 5) is 6.24. The Morgan fingerprint density at radius 3 is 2.53 bits per heavy atom. The van der Waals surface area contributed by atoms with Crippen LogP contribution in [0.15, 0.2) is 30.5 Å². The van der Waals surface area contributed by atoms with Gasteiger partial charge in [0.15, 0.2) is 5.65 Å². The van der Waals surface area contributed by atoms with Crippen molar-refractivity contribution in [2.45, 2.75) is 64.3 Å². The van der Waals surface area contributed by atoms with E-state index in [1.54, 1.807) is 4.52 Å². The maximum absolute atomic E-state index is 11.8. The first-order valence-electron chi connectivity index (χ1n) is 13.1. The Kier molecular flexibility index (Phi) is 5.87. The molecule has 0 aliphatic carbocycles. The minimum Gasteiger partial charge on any atom is -0.354 e. The van der Waals surface area contributed by atoms with E-state index in [-0.39, 0.29) is 0 Å². The molecular formula is C27H34N6O2S. The first-order chi connectivity index (χ1) is 17.3. The molecule has 0 spiro atoms. The van der Waals surface area contributed by atoms with Gasteiger partial charge in [-0.1, -0.05) is 19.9 Å². The lowest BCUT2D eigenvalue weighted by molar-refractivity contribution is 0.142. The van der Waals surface area contributed by atoms with Gasteiger partial charge in [-0.05, 0) is 103 Å². The second-order valence-electron chi connectivity index (χ2n) is 10.9.